The van der Waals surface area contributed by atoms with E-state index in [2.05, 4.69) is 51.0 Å². The van der Waals surface area contributed by atoms with Gasteiger partial charge in [-0.15, -0.1) is 11.8 Å². The number of nitrogens with zero attached hydrogens (tertiary/aromatic N) is 2. The number of ether oxygens (including phenoxy) is 1. The highest BCUT2D eigenvalue weighted by Gasteiger charge is 2.21. The molecule has 0 atom stereocenters. The fraction of sp³-hybridized carbons (Fsp3) is 0.231. The van der Waals surface area contributed by atoms with Crippen LogP contribution < -0.4 is 20.3 Å². The molecule has 2 heterocycles. The molecule has 0 unspecified atom stereocenters. The number of thioether (sulfide) groups is 1. The van der Waals surface area contributed by atoms with Crippen LogP contribution >= 0.6 is 11.8 Å². The van der Waals surface area contributed by atoms with Crippen LogP contribution in [0.25, 0.3) is 0 Å². The summed E-state index contributed by atoms with van der Waals surface area (Å²) in [6.07, 6.45) is 4.82. The minimum atomic E-state index is -0.109. The lowest BCUT2D eigenvalue weighted by molar-refractivity contribution is 0.0950. The molecule has 6 nitrogen and oxygen atoms in total. The summed E-state index contributed by atoms with van der Waals surface area (Å²) >= 11 is 1.70. The lowest BCUT2D eigenvalue weighted by Crippen LogP contribution is -2.23. The average Bonchev–Trinajstić information content (AvgIpc) is 3.09. The Bertz CT molecular complexity index is 1190. The Labute approximate surface area is 198 Å². The van der Waals surface area contributed by atoms with E-state index in [0.29, 0.717) is 18.7 Å². The molecule has 0 fully saturated rings. The fourth-order valence-corrected chi connectivity index (χ4v) is 4.47. The second kappa shape index (κ2) is 9.58. The summed E-state index contributed by atoms with van der Waals surface area (Å²) in [7, 11) is 0. The minimum absolute atomic E-state index is 0.109. The van der Waals surface area contributed by atoms with Crippen LogP contribution in [0, 0.1) is 0 Å². The van der Waals surface area contributed by atoms with Crippen LogP contribution in [0.15, 0.2) is 70.6 Å². The Morgan fingerprint density at radius 1 is 1.15 bits per heavy atom. The fourth-order valence-electron chi connectivity index (χ4n) is 4.06. The van der Waals surface area contributed by atoms with E-state index in [1.165, 1.54) is 4.90 Å². The molecule has 3 aromatic carbocycles. The molecule has 2 N–H and O–H groups in total. The first kappa shape index (κ1) is 21.4. The van der Waals surface area contributed by atoms with Gasteiger partial charge < -0.3 is 20.3 Å². The van der Waals surface area contributed by atoms with Gasteiger partial charge in [0.2, 0.25) is 0 Å². The number of fused-ring (bicyclic) bond motifs is 2. The number of hydrogen-bond acceptors (Lipinski definition) is 6. The van der Waals surface area contributed by atoms with Crippen molar-refractivity contribution >= 4 is 46.6 Å². The summed E-state index contributed by atoms with van der Waals surface area (Å²) in [5.41, 5.74) is 5.70. The van der Waals surface area contributed by atoms with Crippen LogP contribution in [0.3, 0.4) is 0 Å². The van der Waals surface area contributed by atoms with Gasteiger partial charge in [-0.05, 0) is 66.8 Å². The molecule has 3 aromatic rings. The molecule has 33 heavy (non-hydrogen) atoms. The van der Waals surface area contributed by atoms with Crippen LogP contribution in [0.5, 0.6) is 5.75 Å². The molecular weight excluding hydrogens is 432 g/mol. The van der Waals surface area contributed by atoms with E-state index >= 15 is 0 Å². The zero-order valence-electron chi connectivity index (χ0n) is 18.5. The normalized spacial score (nSPS) is 14.4. The Balaban J connectivity index is 1.35. The lowest BCUT2D eigenvalue weighted by Gasteiger charge is -2.25. The summed E-state index contributed by atoms with van der Waals surface area (Å²) in [5.74, 6) is 0.621. The van der Waals surface area contributed by atoms with Crippen molar-refractivity contribution < 1.29 is 9.53 Å². The Morgan fingerprint density at radius 2 is 2.03 bits per heavy atom. The second-order valence-electron chi connectivity index (χ2n) is 7.96. The van der Waals surface area contributed by atoms with Gasteiger partial charge in [-0.1, -0.05) is 12.1 Å². The molecule has 2 aliphatic rings. The number of rotatable bonds is 5. The number of aliphatic imine (C=N–C) groups is 1. The van der Waals surface area contributed by atoms with Crippen LogP contribution in [0.1, 0.15) is 22.3 Å². The van der Waals surface area contributed by atoms with Crippen molar-refractivity contribution in [3.63, 3.8) is 0 Å². The number of benzene rings is 3. The van der Waals surface area contributed by atoms with E-state index in [4.69, 9.17) is 4.74 Å². The predicted octanol–water partition coefficient (Wildman–Crippen LogP) is 5.39. The molecular formula is C26H26N4O2S. The molecule has 168 valence electrons. The number of anilines is 3. The number of nitrogens with one attached hydrogen (secondary N) is 2. The molecule has 5 rings (SSSR count). The van der Waals surface area contributed by atoms with Gasteiger partial charge in [0.1, 0.15) is 5.75 Å². The van der Waals surface area contributed by atoms with E-state index in [1.54, 1.807) is 11.8 Å². The molecule has 0 saturated carbocycles. The highest BCUT2D eigenvalue weighted by molar-refractivity contribution is 7.98. The van der Waals surface area contributed by atoms with E-state index in [1.807, 2.05) is 42.6 Å². The van der Waals surface area contributed by atoms with Crippen molar-refractivity contribution in [3.8, 4) is 5.75 Å². The zero-order chi connectivity index (χ0) is 22.6. The van der Waals surface area contributed by atoms with Crippen molar-refractivity contribution in [2.24, 2.45) is 4.99 Å². The molecule has 0 aliphatic carbocycles. The number of hydrogen-bond donors (Lipinski definition) is 2. The standard InChI is InChI=1S/C26H26N4O2S/c1-33-21-7-3-18(4-8-21)17-29-26(31)19-5-10-24-25(15-19)32-14-2-13-30(24)20-6-9-22-23(16-20)28-12-11-27-22/h3-11,15-16,28H,2,12-14,17H2,1H3,(H,29,31). The van der Waals surface area contributed by atoms with Gasteiger partial charge in [0, 0.05) is 35.5 Å². The zero-order valence-corrected chi connectivity index (χ0v) is 19.3. The van der Waals surface area contributed by atoms with E-state index in [-0.39, 0.29) is 5.91 Å². The first-order valence-corrected chi connectivity index (χ1v) is 12.3. The molecule has 0 aromatic heterocycles. The van der Waals surface area contributed by atoms with Gasteiger partial charge in [-0.3, -0.25) is 9.79 Å². The Kier molecular flexibility index (Phi) is 6.21. The third-order valence-electron chi connectivity index (χ3n) is 5.81. The third kappa shape index (κ3) is 4.68. The maximum absolute atomic E-state index is 12.8. The van der Waals surface area contributed by atoms with Gasteiger partial charge in [0.05, 0.1) is 30.2 Å². The van der Waals surface area contributed by atoms with Gasteiger partial charge in [0.15, 0.2) is 0 Å². The van der Waals surface area contributed by atoms with Crippen molar-refractivity contribution in [2.45, 2.75) is 17.9 Å². The highest BCUT2D eigenvalue weighted by atomic mass is 32.2. The maximum atomic E-state index is 12.8. The quantitative estimate of drug-likeness (QED) is 0.502. The molecule has 0 saturated heterocycles. The number of carbonyl (C=O) groups is 1. The van der Waals surface area contributed by atoms with E-state index < -0.39 is 0 Å². The smallest absolute Gasteiger partial charge is 0.251 e. The lowest BCUT2D eigenvalue weighted by atomic mass is 10.1. The molecule has 0 bridgehead atoms. The summed E-state index contributed by atoms with van der Waals surface area (Å²) in [5, 5.41) is 6.39. The topological polar surface area (TPSA) is 66.0 Å². The van der Waals surface area contributed by atoms with Crippen molar-refractivity contribution in [2.75, 3.05) is 36.2 Å². The predicted molar refractivity (Wildman–Crippen MR) is 136 cm³/mol. The van der Waals surface area contributed by atoms with Gasteiger partial charge in [0.25, 0.3) is 5.91 Å². The highest BCUT2D eigenvalue weighted by Crippen LogP contribution is 2.39. The summed E-state index contributed by atoms with van der Waals surface area (Å²) < 4.78 is 6.03. The largest absolute Gasteiger partial charge is 0.491 e. The minimum Gasteiger partial charge on any atom is -0.491 e. The van der Waals surface area contributed by atoms with Crippen molar-refractivity contribution in [3.05, 3.63) is 71.8 Å². The second-order valence-corrected chi connectivity index (χ2v) is 8.84. The van der Waals surface area contributed by atoms with Crippen LogP contribution in [0.2, 0.25) is 0 Å². The summed E-state index contributed by atoms with van der Waals surface area (Å²) in [6, 6.07) is 20.2. The molecule has 0 spiro atoms. The molecule has 2 aliphatic heterocycles. The van der Waals surface area contributed by atoms with Crippen LogP contribution in [-0.2, 0) is 6.54 Å². The third-order valence-corrected chi connectivity index (χ3v) is 6.56. The Hall–Kier alpha value is -3.45. The SMILES string of the molecule is CSc1ccc(CNC(=O)c2ccc3c(c2)OCCCN3c2ccc3c(c2)NCC=N3)cc1. The number of amides is 1. The van der Waals surface area contributed by atoms with Crippen molar-refractivity contribution in [1.82, 2.24) is 5.32 Å². The monoisotopic (exact) mass is 458 g/mol. The van der Waals surface area contributed by atoms with Crippen LogP contribution in [-0.4, -0.2) is 38.1 Å². The van der Waals surface area contributed by atoms with Crippen LogP contribution in [0.4, 0.5) is 22.7 Å². The van der Waals surface area contributed by atoms with E-state index in [9.17, 15) is 4.79 Å². The van der Waals surface area contributed by atoms with Gasteiger partial charge >= 0.3 is 0 Å². The summed E-state index contributed by atoms with van der Waals surface area (Å²) in [4.78, 5) is 20.7. The molecule has 0 radical (unpaired) electrons. The average molecular weight is 459 g/mol. The number of carbonyl (C=O) groups excluding carboxylic acids is 1. The molecule has 1 amide bonds. The van der Waals surface area contributed by atoms with Gasteiger partial charge in [-0.2, -0.15) is 0 Å². The first-order chi connectivity index (χ1) is 16.2. The van der Waals surface area contributed by atoms with E-state index in [0.717, 1.165) is 53.6 Å². The van der Waals surface area contributed by atoms with Crippen molar-refractivity contribution in [1.29, 1.82) is 0 Å². The first-order valence-electron chi connectivity index (χ1n) is 11.1. The molecule has 7 heteroatoms. The Morgan fingerprint density at radius 3 is 2.88 bits per heavy atom. The summed E-state index contributed by atoms with van der Waals surface area (Å²) in [6.45, 7) is 2.68. The maximum Gasteiger partial charge on any atom is 0.251 e. The van der Waals surface area contributed by atoms with Gasteiger partial charge in [-0.25, -0.2) is 0 Å².